The first-order chi connectivity index (χ1) is 3.93. The highest BCUT2D eigenvalue weighted by molar-refractivity contribution is 7.97. The average Bonchev–Trinajstić information content (AvgIpc) is 1.90. The minimum atomic E-state index is 0.0243. The lowest BCUT2D eigenvalue weighted by molar-refractivity contribution is -0.109. The molecule has 0 aromatic heterocycles. The van der Waals surface area contributed by atoms with Gasteiger partial charge in [0.15, 0.2) is 0 Å². The lowest BCUT2D eigenvalue weighted by Gasteiger charge is -2.17. The number of nitrogens with one attached hydrogen (secondary N) is 2. The molecule has 0 bridgehead atoms. The molecule has 1 unspecified atom stereocenters. The van der Waals surface area contributed by atoms with Gasteiger partial charge in [0.05, 0.1) is 6.04 Å². The molecule has 4 heteroatoms. The smallest absolute Gasteiger partial charge is 0.138 e. The van der Waals surface area contributed by atoms with E-state index in [0.29, 0.717) is 0 Å². The van der Waals surface area contributed by atoms with E-state index in [1.807, 2.05) is 0 Å². The molecule has 0 amide bonds. The summed E-state index contributed by atoms with van der Waals surface area (Å²) in [6, 6.07) is 0.0243. The van der Waals surface area contributed by atoms with Crippen molar-refractivity contribution in [2.45, 2.75) is 12.5 Å². The molecule has 8 heavy (non-hydrogen) atoms. The Hall–Kier alpha value is -0.0600. The van der Waals surface area contributed by atoms with Crippen molar-refractivity contribution in [2.24, 2.45) is 0 Å². The largest absolute Gasteiger partial charge is 0.302 e. The van der Waals surface area contributed by atoms with Crippen LogP contribution in [0.4, 0.5) is 0 Å². The quantitative estimate of drug-likeness (QED) is 0.379. The van der Waals surface area contributed by atoms with E-state index in [4.69, 9.17) is 0 Å². The van der Waals surface area contributed by atoms with Gasteiger partial charge < -0.3 is 4.79 Å². The summed E-state index contributed by atoms with van der Waals surface area (Å²) in [7, 11) is 0. The second kappa shape index (κ2) is 3.06. The van der Waals surface area contributed by atoms with E-state index in [2.05, 4.69) is 10.3 Å². The lowest BCUT2D eigenvalue weighted by Crippen LogP contribution is -2.42. The van der Waals surface area contributed by atoms with Crippen molar-refractivity contribution in [3.8, 4) is 0 Å². The van der Waals surface area contributed by atoms with Crippen LogP contribution in [0.5, 0.6) is 0 Å². The van der Waals surface area contributed by atoms with Gasteiger partial charge in [-0.05, 0) is 6.42 Å². The van der Waals surface area contributed by atoms with Crippen molar-refractivity contribution in [1.29, 1.82) is 0 Å². The maximum atomic E-state index is 10.0. The van der Waals surface area contributed by atoms with Crippen molar-refractivity contribution in [1.82, 2.24) is 10.3 Å². The molecule has 1 rings (SSSR count). The Balaban J connectivity index is 2.22. The van der Waals surface area contributed by atoms with Crippen molar-refractivity contribution < 1.29 is 4.79 Å². The number of rotatable bonds is 1. The first-order valence-electron chi connectivity index (χ1n) is 2.51. The van der Waals surface area contributed by atoms with Crippen molar-refractivity contribution in [2.75, 3.05) is 5.75 Å². The first kappa shape index (κ1) is 6.07. The van der Waals surface area contributed by atoms with Gasteiger partial charge in [-0.1, -0.05) is 11.9 Å². The molecule has 1 atom stereocenters. The Morgan fingerprint density at radius 2 is 2.62 bits per heavy atom. The van der Waals surface area contributed by atoms with Gasteiger partial charge in [-0.2, -0.15) is 0 Å². The fraction of sp³-hybridized carbons (Fsp3) is 0.750. The van der Waals surface area contributed by atoms with E-state index < -0.39 is 0 Å². The van der Waals surface area contributed by atoms with E-state index in [1.54, 1.807) is 11.9 Å². The molecule has 0 aromatic rings. The van der Waals surface area contributed by atoms with Crippen LogP contribution in [-0.4, -0.2) is 18.1 Å². The summed E-state index contributed by atoms with van der Waals surface area (Å²) in [6.45, 7) is 0. The molecule has 0 spiro atoms. The van der Waals surface area contributed by atoms with E-state index in [1.165, 1.54) is 0 Å². The van der Waals surface area contributed by atoms with Crippen LogP contribution in [0.3, 0.4) is 0 Å². The number of aldehydes is 1. The van der Waals surface area contributed by atoms with Crippen LogP contribution >= 0.6 is 11.9 Å². The summed E-state index contributed by atoms with van der Waals surface area (Å²) in [6.07, 6.45) is 1.86. The summed E-state index contributed by atoms with van der Waals surface area (Å²) in [5.41, 5.74) is 2.81. The molecule has 2 N–H and O–H groups in total. The van der Waals surface area contributed by atoms with E-state index in [0.717, 1.165) is 18.5 Å². The van der Waals surface area contributed by atoms with Gasteiger partial charge in [0, 0.05) is 5.75 Å². The van der Waals surface area contributed by atoms with Crippen LogP contribution in [0.25, 0.3) is 0 Å². The monoisotopic (exact) mass is 132 g/mol. The third-order valence-corrected chi connectivity index (χ3v) is 1.71. The van der Waals surface area contributed by atoms with E-state index in [-0.39, 0.29) is 6.04 Å². The molecule has 1 aliphatic rings. The minimum absolute atomic E-state index is 0.0243. The van der Waals surface area contributed by atoms with Crippen LogP contribution < -0.4 is 10.3 Å². The fourth-order valence-corrected chi connectivity index (χ4v) is 1.24. The molecule has 3 nitrogen and oxygen atoms in total. The van der Waals surface area contributed by atoms with Gasteiger partial charge in [0.25, 0.3) is 0 Å². The number of carbonyl (C=O) groups excluding carboxylic acids is 1. The van der Waals surface area contributed by atoms with Gasteiger partial charge in [-0.15, -0.1) is 0 Å². The zero-order valence-corrected chi connectivity index (χ0v) is 5.20. The minimum Gasteiger partial charge on any atom is -0.302 e. The summed E-state index contributed by atoms with van der Waals surface area (Å²) in [4.78, 5) is 12.9. The standard InChI is InChI=1S/C4H8N2OS/c7-3-4-1-2-8-6-5-4/h3-6H,1-2H2. The molecule has 0 aliphatic carbocycles. The average molecular weight is 132 g/mol. The van der Waals surface area contributed by atoms with Crippen molar-refractivity contribution >= 4 is 18.2 Å². The summed E-state index contributed by atoms with van der Waals surface area (Å²) in [5.74, 6) is 1.01. The molecule has 46 valence electrons. The highest BCUT2D eigenvalue weighted by Crippen LogP contribution is 2.02. The summed E-state index contributed by atoms with van der Waals surface area (Å²) >= 11 is 1.59. The Morgan fingerprint density at radius 3 is 3.00 bits per heavy atom. The topological polar surface area (TPSA) is 41.1 Å². The van der Waals surface area contributed by atoms with Crippen LogP contribution in [0.2, 0.25) is 0 Å². The molecular weight excluding hydrogens is 124 g/mol. The predicted molar refractivity (Wildman–Crippen MR) is 33.2 cm³/mol. The van der Waals surface area contributed by atoms with Gasteiger partial charge in [-0.3, -0.25) is 0 Å². The number of hydrazine groups is 1. The molecule has 1 aliphatic heterocycles. The second-order valence-corrected chi connectivity index (χ2v) is 2.53. The number of carbonyl (C=O) groups is 1. The third-order valence-electron chi connectivity index (χ3n) is 1.01. The highest BCUT2D eigenvalue weighted by Gasteiger charge is 2.09. The number of hydrogen-bond acceptors (Lipinski definition) is 4. The Labute approximate surface area is 52.3 Å². The summed E-state index contributed by atoms with van der Waals surface area (Å²) in [5, 5.41) is 0. The zero-order chi connectivity index (χ0) is 5.82. The van der Waals surface area contributed by atoms with Gasteiger partial charge in [-0.25, -0.2) is 10.3 Å². The van der Waals surface area contributed by atoms with Crippen LogP contribution in [-0.2, 0) is 4.79 Å². The van der Waals surface area contributed by atoms with Crippen molar-refractivity contribution in [3.05, 3.63) is 0 Å². The third kappa shape index (κ3) is 1.47. The molecule has 1 fully saturated rings. The number of hydrogen-bond donors (Lipinski definition) is 2. The first-order valence-corrected chi connectivity index (χ1v) is 3.49. The molecule has 0 radical (unpaired) electrons. The van der Waals surface area contributed by atoms with E-state index in [9.17, 15) is 4.79 Å². The maximum Gasteiger partial charge on any atom is 0.138 e. The van der Waals surface area contributed by atoms with Crippen LogP contribution in [0.1, 0.15) is 6.42 Å². The molecular formula is C4H8N2OS. The van der Waals surface area contributed by atoms with Crippen molar-refractivity contribution in [3.63, 3.8) is 0 Å². The SMILES string of the molecule is O=CC1CCSNN1. The van der Waals surface area contributed by atoms with Gasteiger partial charge >= 0.3 is 0 Å². The molecule has 1 heterocycles. The van der Waals surface area contributed by atoms with Gasteiger partial charge in [0.2, 0.25) is 0 Å². The van der Waals surface area contributed by atoms with E-state index >= 15 is 0 Å². The Bertz CT molecular complexity index is 82.1. The van der Waals surface area contributed by atoms with Gasteiger partial charge in [0.1, 0.15) is 6.29 Å². The normalized spacial score (nSPS) is 29.8. The molecule has 0 aromatic carbocycles. The molecule has 1 saturated heterocycles. The maximum absolute atomic E-state index is 10.0. The zero-order valence-electron chi connectivity index (χ0n) is 4.39. The molecule has 0 saturated carbocycles. The fourth-order valence-electron chi connectivity index (χ4n) is 0.529. The highest BCUT2D eigenvalue weighted by atomic mass is 32.2. The van der Waals surface area contributed by atoms with Crippen LogP contribution in [0, 0.1) is 0 Å². The van der Waals surface area contributed by atoms with Crippen LogP contribution in [0.15, 0.2) is 0 Å². The summed E-state index contributed by atoms with van der Waals surface area (Å²) < 4.78 is 0. The second-order valence-electron chi connectivity index (χ2n) is 1.63. The predicted octanol–water partition coefficient (Wildman–Crippen LogP) is -0.300. The Kier molecular flexibility index (Phi) is 2.32. The Morgan fingerprint density at radius 1 is 1.75 bits per heavy atom. The lowest BCUT2D eigenvalue weighted by atomic mass is 10.3.